The highest BCUT2D eigenvalue weighted by Gasteiger charge is 2.29. The molecule has 1 aliphatic heterocycles. The van der Waals surface area contributed by atoms with Crippen molar-refractivity contribution in [3.63, 3.8) is 0 Å². The van der Waals surface area contributed by atoms with Crippen molar-refractivity contribution in [2.75, 3.05) is 19.6 Å². The number of hydrogen-bond donors (Lipinski definition) is 1. The number of carbonyl (C=O) groups is 2. The molecule has 1 atom stereocenters. The van der Waals surface area contributed by atoms with Crippen LogP contribution in [0.25, 0.3) is 0 Å². The second-order valence-corrected chi connectivity index (χ2v) is 6.52. The molecule has 25 heavy (non-hydrogen) atoms. The van der Waals surface area contributed by atoms with Crippen LogP contribution < -0.4 is 5.32 Å². The minimum absolute atomic E-state index is 0.00150. The van der Waals surface area contributed by atoms with Crippen molar-refractivity contribution in [3.05, 3.63) is 70.7 Å². The zero-order valence-electron chi connectivity index (χ0n) is 14.0. The molecule has 1 fully saturated rings. The van der Waals surface area contributed by atoms with Gasteiger partial charge in [-0.05, 0) is 11.6 Å². The number of nitrogens with one attached hydrogen (secondary N) is 1. The molecule has 0 radical (unpaired) electrons. The summed E-state index contributed by atoms with van der Waals surface area (Å²) in [5, 5.41) is 3.98. The molecule has 1 aliphatic rings. The zero-order chi connectivity index (χ0) is 17.6. The number of carbonyl (C=O) groups excluding carboxylic acids is 2. The van der Waals surface area contributed by atoms with Crippen LogP contribution in [-0.4, -0.2) is 36.2 Å². The topological polar surface area (TPSA) is 49.4 Å². The molecule has 0 aliphatic carbocycles. The number of benzene rings is 2. The van der Waals surface area contributed by atoms with Crippen molar-refractivity contribution < 1.29 is 9.59 Å². The summed E-state index contributed by atoms with van der Waals surface area (Å²) in [6.45, 7) is 2.04. The first-order valence-electron chi connectivity index (χ1n) is 8.49. The predicted molar refractivity (Wildman–Crippen MR) is 98.8 cm³/mol. The fourth-order valence-corrected chi connectivity index (χ4v) is 3.42. The van der Waals surface area contributed by atoms with E-state index in [9.17, 15) is 9.59 Å². The third kappa shape index (κ3) is 4.27. The largest absolute Gasteiger partial charge is 0.333 e. The minimum Gasteiger partial charge on any atom is -0.333 e. The van der Waals surface area contributed by atoms with Gasteiger partial charge in [0, 0.05) is 43.1 Å². The Balaban J connectivity index is 1.67. The van der Waals surface area contributed by atoms with E-state index in [0.717, 1.165) is 12.1 Å². The molecular weight excluding hydrogens is 336 g/mol. The van der Waals surface area contributed by atoms with Crippen LogP contribution in [0.1, 0.15) is 34.8 Å². The molecule has 1 N–H and O–H groups in total. The van der Waals surface area contributed by atoms with Crippen molar-refractivity contribution in [3.8, 4) is 0 Å². The van der Waals surface area contributed by atoms with Crippen molar-refractivity contribution in [2.24, 2.45) is 0 Å². The van der Waals surface area contributed by atoms with Crippen molar-refractivity contribution in [1.82, 2.24) is 10.2 Å². The Kier molecular flexibility index (Phi) is 5.84. The fourth-order valence-electron chi connectivity index (χ4n) is 3.16. The predicted octanol–water partition coefficient (Wildman–Crippen LogP) is 3.48. The van der Waals surface area contributed by atoms with Crippen LogP contribution in [0.3, 0.4) is 0 Å². The summed E-state index contributed by atoms with van der Waals surface area (Å²) in [6.07, 6.45) is 0.441. The van der Waals surface area contributed by atoms with E-state index in [1.165, 1.54) is 0 Å². The van der Waals surface area contributed by atoms with Gasteiger partial charge in [0.05, 0.1) is 6.04 Å². The van der Waals surface area contributed by atoms with Crippen molar-refractivity contribution in [1.29, 1.82) is 0 Å². The van der Waals surface area contributed by atoms with Gasteiger partial charge >= 0.3 is 0 Å². The number of amides is 1. The smallest absolute Gasteiger partial charge is 0.223 e. The summed E-state index contributed by atoms with van der Waals surface area (Å²) in [5.74, 6) is -0.00548. The fraction of sp³-hybridized carbons (Fsp3) is 0.300. The summed E-state index contributed by atoms with van der Waals surface area (Å²) in [5.41, 5.74) is 1.59. The van der Waals surface area contributed by atoms with Crippen LogP contribution in [0.5, 0.6) is 0 Å². The van der Waals surface area contributed by atoms with E-state index in [1.54, 1.807) is 12.1 Å². The monoisotopic (exact) mass is 356 g/mol. The summed E-state index contributed by atoms with van der Waals surface area (Å²) < 4.78 is 0. The number of Topliss-reactive ketones (excluding diaryl/α,β-unsaturated/α-hetero) is 1. The molecule has 1 saturated heterocycles. The summed E-state index contributed by atoms with van der Waals surface area (Å²) in [7, 11) is 0. The molecule has 2 aromatic rings. The standard InChI is InChI=1S/C20H21ClN2O2/c21-17-9-5-4-8-16(17)18-14-22-12-13-23(18)20(25)11-10-19(24)15-6-2-1-3-7-15/h1-9,18,22H,10-14H2. The second-order valence-electron chi connectivity index (χ2n) is 6.12. The van der Waals surface area contributed by atoms with Crippen LogP contribution in [0, 0.1) is 0 Å². The number of rotatable bonds is 5. The highest BCUT2D eigenvalue weighted by atomic mass is 35.5. The molecule has 0 aromatic heterocycles. The summed E-state index contributed by atoms with van der Waals surface area (Å²) in [6, 6.07) is 16.6. The lowest BCUT2D eigenvalue weighted by Gasteiger charge is -2.37. The highest BCUT2D eigenvalue weighted by Crippen LogP contribution is 2.29. The van der Waals surface area contributed by atoms with Crippen molar-refractivity contribution in [2.45, 2.75) is 18.9 Å². The highest BCUT2D eigenvalue weighted by molar-refractivity contribution is 6.31. The third-order valence-corrected chi connectivity index (χ3v) is 4.83. The molecule has 1 unspecified atom stereocenters. The average Bonchev–Trinajstić information content (AvgIpc) is 2.67. The van der Waals surface area contributed by atoms with E-state index >= 15 is 0 Å². The Morgan fingerprint density at radius 1 is 1.04 bits per heavy atom. The molecule has 5 heteroatoms. The van der Waals surface area contributed by atoms with Gasteiger partial charge in [-0.1, -0.05) is 60.1 Å². The number of hydrogen-bond acceptors (Lipinski definition) is 3. The first-order valence-corrected chi connectivity index (χ1v) is 8.87. The van der Waals surface area contributed by atoms with Crippen LogP contribution >= 0.6 is 11.6 Å². The van der Waals surface area contributed by atoms with E-state index in [-0.39, 0.29) is 30.6 Å². The molecule has 0 saturated carbocycles. The third-order valence-electron chi connectivity index (χ3n) is 4.49. The molecule has 1 heterocycles. The lowest BCUT2D eigenvalue weighted by Crippen LogP contribution is -2.48. The maximum absolute atomic E-state index is 12.7. The lowest BCUT2D eigenvalue weighted by atomic mass is 10.0. The normalized spacial score (nSPS) is 17.3. The number of nitrogens with zero attached hydrogens (tertiary/aromatic N) is 1. The Morgan fingerprint density at radius 3 is 2.52 bits per heavy atom. The molecule has 0 spiro atoms. The maximum Gasteiger partial charge on any atom is 0.223 e. The molecule has 3 rings (SSSR count). The quantitative estimate of drug-likeness (QED) is 0.834. The Labute approximate surface area is 152 Å². The SMILES string of the molecule is O=C(CCC(=O)N1CCNCC1c1ccccc1Cl)c1ccccc1. The van der Waals surface area contributed by atoms with E-state index in [0.29, 0.717) is 23.7 Å². The van der Waals surface area contributed by atoms with Gasteiger partial charge < -0.3 is 10.2 Å². The Bertz CT molecular complexity index is 748. The minimum atomic E-state index is -0.0956. The average molecular weight is 357 g/mol. The van der Waals surface area contributed by atoms with Gasteiger partial charge in [-0.25, -0.2) is 0 Å². The Morgan fingerprint density at radius 2 is 1.76 bits per heavy atom. The van der Waals surface area contributed by atoms with Crippen molar-refractivity contribution >= 4 is 23.3 Å². The summed E-state index contributed by atoms with van der Waals surface area (Å²) in [4.78, 5) is 26.8. The molecular formula is C20H21ClN2O2. The van der Waals surface area contributed by atoms with E-state index in [1.807, 2.05) is 47.4 Å². The Hall–Kier alpha value is -2.17. The first-order chi connectivity index (χ1) is 12.2. The summed E-state index contributed by atoms with van der Waals surface area (Å²) >= 11 is 6.32. The van der Waals surface area contributed by atoms with Crippen LogP contribution in [0.2, 0.25) is 5.02 Å². The van der Waals surface area contributed by atoms with Gasteiger partial charge in [-0.2, -0.15) is 0 Å². The molecule has 4 nitrogen and oxygen atoms in total. The van der Waals surface area contributed by atoms with Crippen LogP contribution in [0.15, 0.2) is 54.6 Å². The van der Waals surface area contributed by atoms with Gasteiger partial charge in [-0.3, -0.25) is 9.59 Å². The number of ketones is 1. The number of halogens is 1. The molecule has 130 valence electrons. The first kappa shape index (κ1) is 17.6. The van der Waals surface area contributed by atoms with Crippen LogP contribution in [-0.2, 0) is 4.79 Å². The van der Waals surface area contributed by atoms with Gasteiger partial charge in [0.25, 0.3) is 0 Å². The maximum atomic E-state index is 12.7. The number of piperazine rings is 1. The van der Waals surface area contributed by atoms with E-state index in [4.69, 9.17) is 11.6 Å². The zero-order valence-corrected chi connectivity index (χ0v) is 14.7. The van der Waals surface area contributed by atoms with Gasteiger partial charge in [0.15, 0.2) is 5.78 Å². The lowest BCUT2D eigenvalue weighted by molar-refractivity contribution is -0.134. The molecule has 2 aromatic carbocycles. The van der Waals surface area contributed by atoms with Gasteiger partial charge in [-0.15, -0.1) is 0 Å². The van der Waals surface area contributed by atoms with Crippen LogP contribution in [0.4, 0.5) is 0 Å². The van der Waals surface area contributed by atoms with Gasteiger partial charge in [0.2, 0.25) is 5.91 Å². The van der Waals surface area contributed by atoms with E-state index < -0.39 is 0 Å². The van der Waals surface area contributed by atoms with Gasteiger partial charge in [0.1, 0.15) is 0 Å². The van der Waals surface area contributed by atoms with E-state index in [2.05, 4.69) is 5.32 Å². The molecule has 0 bridgehead atoms. The molecule has 1 amide bonds. The second kappa shape index (κ2) is 8.28.